The molecule has 0 aliphatic carbocycles. The van der Waals surface area contributed by atoms with Crippen LogP contribution in [0.2, 0.25) is 0 Å². The molecule has 0 spiro atoms. The molecule has 164 valence electrons. The SMILES string of the molecule is CCNC(=NCc1ccc(CN2CCCC2=O)cc1)NCC(OC)C(C)(C)C.I. The number of guanidine groups is 1. The maximum atomic E-state index is 11.8. The van der Waals surface area contributed by atoms with Gasteiger partial charge in [-0.15, -0.1) is 24.0 Å². The summed E-state index contributed by atoms with van der Waals surface area (Å²) in [5, 5.41) is 6.67. The normalized spacial score (nSPS) is 15.8. The molecule has 0 saturated carbocycles. The molecule has 0 aromatic heterocycles. The first-order valence-electron chi connectivity index (χ1n) is 10.2. The number of nitrogens with one attached hydrogen (secondary N) is 2. The van der Waals surface area contributed by atoms with E-state index in [1.54, 1.807) is 7.11 Å². The molecule has 2 N–H and O–H groups in total. The summed E-state index contributed by atoms with van der Waals surface area (Å²) in [6.45, 7) is 12.3. The van der Waals surface area contributed by atoms with Gasteiger partial charge in [0.05, 0.1) is 12.6 Å². The summed E-state index contributed by atoms with van der Waals surface area (Å²) in [5.41, 5.74) is 2.37. The van der Waals surface area contributed by atoms with Crippen molar-refractivity contribution >= 4 is 35.8 Å². The van der Waals surface area contributed by atoms with E-state index in [1.165, 1.54) is 5.56 Å². The van der Waals surface area contributed by atoms with Crippen LogP contribution in [0.25, 0.3) is 0 Å². The van der Waals surface area contributed by atoms with Gasteiger partial charge in [-0.05, 0) is 29.9 Å². The van der Waals surface area contributed by atoms with Crippen LogP contribution in [0.4, 0.5) is 0 Å². The van der Waals surface area contributed by atoms with Crippen LogP contribution in [0.1, 0.15) is 51.7 Å². The lowest BCUT2D eigenvalue weighted by Crippen LogP contribution is -2.45. The lowest BCUT2D eigenvalue weighted by molar-refractivity contribution is -0.128. The summed E-state index contributed by atoms with van der Waals surface area (Å²) in [7, 11) is 1.75. The van der Waals surface area contributed by atoms with Gasteiger partial charge in [-0.2, -0.15) is 0 Å². The van der Waals surface area contributed by atoms with Crippen molar-refractivity contribution < 1.29 is 9.53 Å². The van der Waals surface area contributed by atoms with Crippen molar-refractivity contribution in [2.24, 2.45) is 10.4 Å². The molecule has 1 atom stereocenters. The Morgan fingerprint density at radius 3 is 2.38 bits per heavy atom. The molecule has 1 unspecified atom stereocenters. The monoisotopic (exact) mass is 516 g/mol. The summed E-state index contributed by atoms with van der Waals surface area (Å²) in [6.07, 6.45) is 1.76. The van der Waals surface area contributed by atoms with Crippen molar-refractivity contribution in [3.8, 4) is 0 Å². The molecular formula is C22H37IN4O2. The Morgan fingerprint density at radius 1 is 1.21 bits per heavy atom. The number of halogens is 1. The first-order valence-corrected chi connectivity index (χ1v) is 10.2. The third-order valence-corrected chi connectivity index (χ3v) is 5.04. The topological polar surface area (TPSA) is 66.0 Å². The zero-order valence-corrected chi connectivity index (χ0v) is 20.8. The molecule has 7 heteroatoms. The molecule has 1 aliphatic heterocycles. The van der Waals surface area contributed by atoms with Crippen molar-refractivity contribution in [3.05, 3.63) is 35.4 Å². The van der Waals surface area contributed by atoms with E-state index in [-0.39, 0.29) is 41.4 Å². The molecule has 1 aliphatic rings. The number of aliphatic imine (C=N–C) groups is 1. The quantitative estimate of drug-likeness (QED) is 0.315. The van der Waals surface area contributed by atoms with Crippen LogP contribution in [0.15, 0.2) is 29.3 Å². The first-order chi connectivity index (χ1) is 13.3. The van der Waals surface area contributed by atoms with Crippen molar-refractivity contribution in [1.82, 2.24) is 15.5 Å². The van der Waals surface area contributed by atoms with Gasteiger partial charge >= 0.3 is 0 Å². The van der Waals surface area contributed by atoms with E-state index in [2.05, 4.69) is 62.6 Å². The largest absolute Gasteiger partial charge is 0.379 e. The van der Waals surface area contributed by atoms with Crippen LogP contribution < -0.4 is 10.6 Å². The van der Waals surface area contributed by atoms with Crippen LogP contribution in [-0.2, 0) is 22.6 Å². The number of ether oxygens (including phenoxy) is 1. The van der Waals surface area contributed by atoms with Gasteiger partial charge in [0.25, 0.3) is 0 Å². The molecule has 1 aromatic carbocycles. The number of benzene rings is 1. The van der Waals surface area contributed by atoms with Crippen LogP contribution in [0.3, 0.4) is 0 Å². The van der Waals surface area contributed by atoms with E-state index in [1.807, 2.05) is 4.90 Å². The maximum absolute atomic E-state index is 11.8. The van der Waals surface area contributed by atoms with E-state index in [4.69, 9.17) is 9.73 Å². The van der Waals surface area contributed by atoms with Crippen LogP contribution >= 0.6 is 24.0 Å². The lowest BCUT2D eigenvalue weighted by Gasteiger charge is -2.30. The molecule has 1 aromatic rings. The molecular weight excluding hydrogens is 479 g/mol. The van der Waals surface area contributed by atoms with Gasteiger partial charge in [0.2, 0.25) is 5.91 Å². The summed E-state index contributed by atoms with van der Waals surface area (Å²) in [4.78, 5) is 18.4. The zero-order valence-electron chi connectivity index (χ0n) is 18.5. The van der Waals surface area contributed by atoms with Crippen LogP contribution in [0.5, 0.6) is 0 Å². The standard InChI is InChI=1S/C22H36N4O2.HI/c1-6-23-21(25-15-19(28-5)22(2,3)4)24-14-17-9-11-18(12-10-17)16-26-13-7-8-20(26)27;/h9-12,19H,6-8,13-16H2,1-5H3,(H2,23,24,25);1H. The van der Waals surface area contributed by atoms with Gasteiger partial charge in [-0.1, -0.05) is 45.0 Å². The van der Waals surface area contributed by atoms with Gasteiger partial charge in [-0.3, -0.25) is 4.79 Å². The van der Waals surface area contributed by atoms with E-state index >= 15 is 0 Å². The average Bonchev–Trinajstić information content (AvgIpc) is 3.05. The minimum atomic E-state index is 0. The highest BCUT2D eigenvalue weighted by Crippen LogP contribution is 2.21. The molecule has 1 fully saturated rings. The molecule has 1 heterocycles. The molecule has 1 amide bonds. The van der Waals surface area contributed by atoms with E-state index in [9.17, 15) is 4.79 Å². The zero-order chi connectivity index (χ0) is 20.6. The minimum absolute atomic E-state index is 0. The fourth-order valence-electron chi connectivity index (χ4n) is 3.29. The predicted octanol–water partition coefficient (Wildman–Crippen LogP) is 3.54. The number of hydrogen-bond donors (Lipinski definition) is 2. The Balaban J connectivity index is 0.00000420. The number of likely N-dealkylation sites (tertiary alicyclic amines) is 1. The first kappa shape index (κ1) is 25.7. The van der Waals surface area contributed by atoms with E-state index in [0.29, 0.717) is 26.1 Å². The number of carbonyl (C=O) groups excluding carboxylic acids is 1. The van der Waals surface area contributed by atoms with Crippen molar-refractivity contribution in [2.45, 2.75) is 59.7 Å². The Labute approximate surface area is 192 Å². The number of carbonyl (C=O) groups is 1. The number of nitrogens with zero attached hydrogens (tertiary/aromatic N) is 2. The number of amides is 1. The molecule has 0 radical (unpaired) electrons. The second-order valence-corrected chi connectivity index (χ2v) is 8.40. The van der Waals surface area contributed by atoms with Gasteiger partial charge in [0, 0.05) is 39.7 Å². The molecule has 29 heavy (non-hydrogen) atoms. The molecule has 2 rings (SSSR count). The number of rotatable bonds is 8. The fraction of sp³-hybridized carbons (Fsp3) is 0.636. The second kappa shape index (κ2) is 12.4. The van der Waals surface area contributed by atoms with Crippen LogP contribution in [0, 0.1) is 5.41 Å². The number of methoxy groups -OCH3 is 1. The lowest BCUT2D eigenvalue weighted by atomic mass is 9.89. The van der Waals surface area contributed by atoms with Crippen molar-refractivity contribution in [2.75, 3.05) is 26.7 Å². The highest BCUT2D eigenvalue weighted by atomic mass is 127. The van der Waals surface area contributed by atoms with Gasteiger partial charge < -0.3 is 20.3 Å². The molecule has 0 bridgehead atoms. The van der Waals surface area contributed by atoms with Gasteiger partial charge in [0.1, 0.15) is 0 Å². The highest BCUT2D eigenvalue weighted by molar-refractivity contribution is 14.0. The van der Waals surface area contributed by atoms with E-state index in [0.717, 1.165) is 31.0 Å². The smallest absolute Gasteiger partial charge is 0.222 e. The second-order valence-electron chi connectivity index (χ2n) is 8.40. The summed E-state index contributed by atoms with van der Waals surface area (Å²) in [6, 6.07) is 8.38. The van der Waals surface area contributed by atoms with Crippen LogP contribution in [-0.4, -0.2) is 49.6 Å². The number of hydrogen-bond acceptors (Lipinski definition) is 3. The highest BCUT2D eigenvalue weighted by Gasteiger charge is 2.24. The Morgan fingerprint density at radius 2 is 1.86 bits per heavy atom. The van der Waals surface area contributed by atoms with Crippen molar-refractivity contribution in [3.63, 3.8) is 0 Å². The predicted molar refractivity (Wildman–Crippen MR) is 130 cm³/mol. The van der Waals surface area contributed by atoms with E-state index < -0.39 is 0 Å². The summed E-state index contributed by atoms with van der Waals surface area (Å²) >= 11 is 0. The fourth-order valence-corrected chi connectivity index (χ4v) is 3.29. The van der Waals surface area contributed by atoms with Crippen molar-refractivity contribution in [1.29, 1.82) is 0 Å². The maximum Gasteiger partial charge on any atom is 0.222 e. The Hall–Kier alpha value is -1.35. The average molecular weight is 516 g/mol. The summed E-state index contributed by atoms with van der Waals surface area (Å²) < 4.78 is 5.61. The summed E-state index contributed by atoms with van der Waals surface area (Å²) in [5.74, 6) is 1.06. The van der Waals surface area contributed by atoms with Gasteiger partial charge in [-0.25, -0.2) is 4.99 Å². The Bertz CT molecular complexity index is 656. The minimum Gasteiger partial charge on any atom is -0.379 e. The third kappa shape index (κ3) is 8.50. The third-order valence-electron chi connectivity index (χ3n) is 5.04. The molecule has 1 saturated heterocycles. The molecule has 6 nitrogen and oxygen atoms in total. The Kier molecular flexibility index (Phi) is 11.0. The van der Waals surface area contributed by atoms with Gasteiger partial charge in [0.15, 0.2) is 5.96 Å².